The Balaban J connectivity index is 2.30. The van der Waals surface area contributed by atoms with Crippen LogP contribution in [0.25, 0.3) is 0 Å². The third kappa shape index (κ3) is 4.69. The van der Waals surface area contributed by atoms with Crippen LogP contribution in [-0.2, 0) is 23.1 Å². The number of benzene rings is 1. The van der Waals surface area contributed by atoms with Gasteiger partial charge in [0.1, 0.15) is 12.3 Å². The van der Waals surface area contributed by atoms with Crippen molar-refractivity contribution in [1.29, 1.82) is 0 Å². The van der Waals surface area contributed by atoms with Crippen molar-refractivity contribution in [3.8, 4) is 5.75 Å². The SMILES string of the molecule is CCOC(=O)CN(Cc1ccccc1O)C(=O)c1ccn(C)c(=O)c1. The van der Waals surface area contributed by atoms with E-state index in [4.69, 9.17) is 4.74 Å². The molecule has 0 spiro atoms. The molecule has 0 atom stereocenters. The summed E-state index contributed by atoms with van der Waals surface area (Å²) in [5.41, 5.74) is 0.330. The highest BCUT2D eigenvalue weighted by Crippen LogP contribution is 2.19. The number of para-hydroxylation sites is 1. The van der Waals surface area contributed by atoms with Gasteiger partial charge in [-0.15, -0.1) is 0 Å². The summed E-state index contributed by atoms with van der Waals surface area (Å²) in [5, 5.41) is 9.92. The first-order chi connectivity index (χ1) is 11.9. The van der Waals surface area contributed by atoms with Gasteiger partial charge < -0.3 is 19.3 Å². The average molecular weight is 344 g/mol. The largest absolute Gasteiger partial charge is 0.508 e. The van der Waals surface area contributed by atoms with Crippen molar-refractivity contribution in [2.75, 3.05) is 13.2 Å². The number of carbonyl (C=O) groups excluding carboxylic acids is 2. The van der Waals surface area contributed by atoms with Crippen molar-refractivity contribution < 1.29 is 19.4 Å². The number of phenols is 1. The maximum absolute atomic E-state index is 12.8. The fourth-order valence-electron chi connectivity index (χ4n) is 2.28. The Morgan fingerprint density at radius 1 is 1.24 bits per heavy atom. The lowest BCUT2D eigenvalue weighted by Gasteiger charge is -2.22. The van der Waals surface area contributed by atoms with Crippen molar-refractivity contribution in [2.24, 2.45) is 7.05 Å². The van der Waals surface area contributed by atoms with Crippen LogP contribution in [-0.4, -0.2) is 39.6 Å². The van der Waals surface area contributed by atoms with E-state index < -0.39 is 11.9 Å². The van der Waals surface area contributed by atoms with Gasteiger partial charge in [0.05, 0.1) is 13.2 Å². The third-order valence-electron chi connectivity index (χ3n) is 3.62. The van der Waals surface area contributed by atoms with Crippen LogP contribution in [0.15, 0.2) is 47.4 Å². The van der Waals surface area contributed by atoms with Crippen LogP contribution in [0.5, 0.6) is 5.75 Å². The Morgan fingerprint density at radius 2 is 1.96 bits per heavy atom. The molecule has 1 amide bonds. The van der Waals surface area contributed by atoms with Gasteiger partial charge in [0.2, 0.25) is 0 Å². The Kier molecular flexibility index (Phi) is 5.94. The third-order valence-corrected chi connectivity index (χ3v) is 3.62. The Labute approximate surface area is 145 Å². The summed E-state index contributed by atoms with van der Waals surface area (Å²) in [6, 6.07) is 9.26. The van der Waals surface area contributed by atoms with Gasteiger partial charge in [0.25, 0.3) is 11.5 Å². The normalized spacial score (nSPS) is 10.3. The van der Waals surface area contributed by atoms with Crippen molar-refractivity contribution in [1.82, 2.24) is 9.47 Å². The molecule has 0 aliphatic heterocycles. The van der Waals surface area contributed by atoms with Crippen LogP contribution >= 0.6 is 0 Å². The molecule has 25 heavy (non-hydrogen) atoms. The second-order valence-electron chi connectivity index (χ2n) is 5.46. The Hall–Kier alpha value is -3.09. The van der Waals surface area contributed by atoms with E-state index in [1.54, 1.807) is 32.2 Å². The molecule has 7 nitrogen and oxygen atoms in total. The van der Waals surface area contributed by atoms with Crippen molar-refractivity contribution in [3.05, 3.63) is 64.1 Å². The van der Waals surface area contributed by atoms with E-state index in [2.05, 4.69) is 0 Å². The predicted molar refractivity (Wildman–Crippen MR) is 91.2 cm³/mol. The monoisotopic (exact) mass is 344 g/mol. The number of phenolic OH excluding ortho intramolecular Hbond substituents is 1. The number of aryl methyl sites for hydroxylation is 1. The zero-order valence-corrected chi connectivity index (χ0v) is 14.1. The number of ether oxygens (including phenoxy) is 1. The minimum atomic E-state index is -0.560. The van der Waals surface area contributed by atoms with Crippen LogP contribution in [0.4, 0.5) is 0 Å². The van der Waals surface area contributed by atoms with Crippen LogP contribution in [0.3, 0.4) is 0 Å². The summed E-state index contributed by atoms with van der Waals surface area (Å²) >= 11 is 0. The highest BCUT2D eigenvalue weighted by atomic mass is 16.5. The van der Waals surface area contributed by atoms with Gasteiger partial charge in [-0.25, -0.2) is 0 Å². The molecule has 1 aromatic carbocycles. The van der Waals surface area contributed by atoms with E-state index in [0.717, 1.165) is 0 Å². The zero-order valence-electron chi connectivity index (χ0n) is 14.1. The lowest BCUT2D eigenvalue weighted by Crippen LogP contribution is -2.36. The van der Waals surface area contributed by atoms with Gasteiger partial charge in [0, 0.05) is 30.4 Å². The lowest BCUT2D eigenvalue weighted by atomic mass is 10.1. The molecule has 132 valence electrons. The summed E-state index contributed by atoms with van der Waals surface area (Å²) in [4.78, 5) is 37.6. The molecule has 0 unspecified atom stereocenters. The van der Waals surface area contributed by atoms with E-state index >= 15 is 0 Å². The molecular weight excluding hydrogens is 324 g/mol. The summed E-state index contributed by atoms with van der Waals surface area (Å²) in [7, 11) is 1.58. The van der Waals surface area contributed by atoms with Crippen LogP contribution in [0.1, 0.15) is 22.8 Å². The van der Waals surface area contributed by atoms with Gasteiger partial charge in [-0.1, -0.05) is 18.2 Å². The predicted octanol–water partition coefficient (Wildman–Crippen LogP) is 1.30. The van der Waals surface area contributed by atoms with E-state index in [0.29, 0.717) is 5.56 Å². The maximum atomic E-state index is 12.8. The Bertz CT molecular complexity index is 828. The van der Waals surface area contributed by atoms with E-state index in [-0.39, 0.29) is 36.6 Å². The van der Waals surface area contributed by atoms with Crippen LogP contribution < -0.4 is 5.56 Å². The van der Waals surface area contributed by atoms with Gasteiger partial charge in [-0.3, -0.25) is 14.4 Å². The minimum absolute atomic E-state index is 0.0134. The Morgan fingerprint density at radius 3 is 2.60 bits per heavy atom. The van der Waals surface area contributed by atoms with Crippen molar-refractivity contribution in [3.63, 3.8) is 0 Å². The summed E-state index contributed by atoms with van der Waals surface area (Å²) in [6.45, 7) is 1.60. The standard InChI is InChI=1S/C18H20N2O5/c1-3-25-17(23)12-20(11-14-6-4-5-7-15(14)21)18(24)13-8-9-19(2)16(22)10-13/h4-10,21H,3,11-12H2,1-2H3. The van der Waals surface area contributed by atoms with Gasteiger partial charge in [-0.2, -0.15) is 0 Å². The van der Waals surface area contributed by atoms with Gasteiger partial charge >= 0.3 is 5.97 Å². The van der Waals surface area contributed by atoms with E-state index in [9.17, 15) is 19.5 Å². The van der Waals surface area contributed by atoms with Gasteiger partial charge in [-0.05, 0) is 19.1 Å². The average Bonchev–Trinajstić information content (AvgIpc) is 2.58. The first-order valence-electron chi connectivity index (χ1n) is 7.80. The molecule has 1 heterocycles. The molecule has 0 saturated heterocycles. The number of rotatable bonds is 6. The topological polar surface area (TPSA) is 88.8 Å². The maximum Gasteiger partial charge on any atom is 0.325 e. The lowest BCUT2D eigenvalue weighted by molar-refractivity contribution is -0.143. The molecule has 0 saturated carbocycles. The smallest absolute Gasteiger partial charge is 0.325 e. The number of esters is 1. The van der Waals surface area contributed by atoms with Crippen molar-refractivity contribution >= 4 is 11.9 Å². The second-order valence-corrected chi connectivity index (χ2v) is 5.46. The number of carbonyl (C=O) groups is 2. The fourth-order valence-corrected chi connectivity index (χ4v) is 2.28. The molecule has 2 aromatic rings. The fraction of sp³-hybridized carbons (Fsp3) is 0.278. The highest BCUT2D eigenvalue weighted by molar-refractivity contribution is 5.95. The number of hydrogen-bond donors (Lipinski definition) is 1. The molecular formula is C18H20N2O5. The quantitative estimate of drug-likeness (QED) is 0.798. The number of nitrogens with zero attached hydrogens (tertiary/aromatic N) is 2. The summed E-state index contributed by atoms with van der Waals surface area (Å²) < 4.78 is 6.25. The number of amides is 1. The van der Waals surface area contributed by atoms with Gasteiger partial charge in [0.15, 0.2) is 0 Å². The minimum Gasteiger partial charge on any atom is -0.508 e. The van der Waals surface area contributed by atoms with Crippen molar-refractivity contribution in [2.45, 2.75) is 13.5 Å². The molecule has 7 heteroatoms. The molecule has 2 rings (SSSR count). The second kappa shape index (κ2) is 8.14. The molecule has 0 aliphatic rings. The number of pyridine rings is 1. The molecule has 0 bridgehead atoms. The van der Waals surface area contributed by atoms with Crippen LogP contribution in [0.2, 0.25) is 0 Å². The molecule has 0 radical (unpaired) electrons. The molecule has 0 fully saturated rings. The molecule has 1 aromatic heterocycles. The highest BCUT2D eigenvalue weighted by Gasteiger charge is 2.21. The number of aromatic hydroxyl groups is 1. The zero-order chi connectivity index (χ0) is 18.4. The number of aromatic nitrogens is 1. The summed E-state index contributed by atoms with van der Waals surface area (Å²) in [6.07, 6.45) is 1.48. The van der Waals surface area contributed by atoms with E-state index in [1.807, 2.05) is 0 Å². The first kappa shape index (κ1) is 18.3. The first-order valence-corrected chi connectivity index (χ1v) is 7.80. The number of hydrogen-bond acceptors (Lipinski definition) is 5. The summed E-state index contributed by atoms with van der Waals surface area (Å²) in [5.74, 6) is -1.03. The van der Waals surface area contributed by atoms with Crippen LogP contribution in [0, 0.1) is 0 Å². The van der Waals surface area contributed by atoms with E-state index in [1.165, 1.54) is 33.9 Å². The molecule has 1 N–H and O–H groups in total. The molecule has 0 aliphatic carbocycles.